The molecule has 0 amide bonds. The topological polar surface area (TPSA) is 36.9 Å². The molecule has 0 spiro atoms. The van der Waals surface area contributed by atoms with Crippen LogP contribution >= 0.6 is 0 Å². The van der Waals surface area contributed by atoms with Crippen LogP contribution in [0, 0.1) is 58.2 Å². The molecule has 0 N–H and O–H groups in total. The smallest absolute Gasteiger partial charge is 0.173 e. The molecule has 7 aliphatic rings. The van der Waals surface area contributed by atoms with Crippen molar-refractivity contribution in [3.8, 4) is 11.5 Å². The van der Waals surface area contributed by atoms with E-state index >= 15 is 0 Å². The molecule has 0 aliphatic heterocycles. The Kier molecular flexibility index (Phi) is 4.27. The summed E-state index contributed by atoms with van der Waals surface area (Å²) < 4.78 is 25.4. The number of benzene rings is 3. The molecule has 10 rings (SSSR count). The largest absolute Gasteiger partial charge is 0.496 e. The maximum atomic E-state index is 6.39. The molecular weight excluding hydrogens is 508 g/mol. The SMILES string of the molecule is COc1c2c(c(OC)c3cc4ccccc4cc13)[C@@H]1C[C@H]2[C@@H]2[C@H]1[C@@]1(C)[C@@H]3C[C@@H]([C@@H]4[C@H]3[C@@H]3CC[C@H]4C3(OC)OC)[C@@]21C. The number of methoxy groups -OCH3 is 4. The van der Waals surface area contributed by atoms with Crippen LogP contribution in [0.1, 0.15) is 62.5 Å². The van der Waals surface area contributed by atoms with Crippen LogP contribution in [-0.2, 0) is 9.47 Å². The average Bonchev–Trinajstić information content (AvgIpc) is 3.81. The lowest BCUT2D eigenvalue weighted by molar-refractivity contribution is -0.249. The normalized spacial score (nSPS) is 46.5. The van der Waals surface area contributed by atoms with E-state index in [1.165, 1.54) is 58.4 Å². The maximum Gasteiger partial charge on any atom is 0.173 e. The Bertz CT molecular complexity index is 1560. The third kappa shape index (κ3) is 2.17. The highest BCUT2D eigenvalue weighted by molar-refractivity contribution is 6.05. The van der Waals surface area contributed by atoms with Crippen molar-refractivity contribution in [1.82, 2.24) is 0 Å². The Hall–Kier alpha value is -2.30. The Morgan fingerprint density at radius 2 is 1.10 bits per heavy atom. The molecule has 3 aromatic carbocycles. The molecule has 4 nitrogen and oxygen atoms in total. The molecule has 0 saturated heterocycles. The first-order valence-electron chi connectivity index (χ1n) is 16.1. The van der Waals surface area contributed by atoms with Crippen molar-refractivity contribution in [2.45, 2.75) is 57.2 Å². The third-order valence-electron chi connectivity index (χ3n) is 15.4. The lowest BCUT2D eigenvalue weighted by atomic mass is 9.30. The highest BCUT2D eigenvalue weighted by atomic mass is 16.7. The first-order valence-corrected chi connectivity index (χ1v) is 16.1. The molecule has 214 valence electrons. The molecular formula is C37H42O4. The van der Waals surface area contributed by atoms with E-state index in [2.05, 4.69) is 50.2 Å². The van der Waals surface area contributed by atoms with Gasteiger partial charge in [-0.3, -0.25) is 0 Å². The van der Waals surface area contributed by atoms with Crippen LogP contribution in [0.3, 0.4) is 0 Å². The summed E-state index contributed by atoms with van der Waals surface area (Å²) in [6, 6.07) is 13.4. The quantitative estimate of drug-likeness (QED) is 0.144. The van der Waals surface area contributed by atoms with Crippen molar-refractivity contribution in [1.29, 1.82) is 0 Å². The van der Waals surface area contributed by atoms with E-state index in [4.69, 9.17) is 18.9 Å². The fourth-order valence-corrected chi connectivity index (χ4v) is 14.6. The van der Waals surface area contributed by atoms with Gasteiger partial charge in [-0.2, -0.15) is 0 Å². The number of fused-ring (bicyclic) bond motifs is 24. The van der Waals surface area contributed by atoms with Crippen molar-refractivity contribution < 1.29 is 18.9 Å². The number of ether oxygens (including phenoxy) is 4. The highest BCUT2D eigenvalue weighted by Crippen LogP contribution is 2.93. The molecule has 7 aliphatic carbocycles. The van der Waals surface area contributed by atoms with Crippen LogP contribution < -0.4 is 9.47 Å². The van der Waals surface area contributed by atoms with E-state index in [0.29, 0.717) is 34.5 Å². The van der Waals surface area contributed by atoms with Crippen LogP contribution in [0.15, 0.2) is 36.4 Å². The van der Waals surface area contributed by atoms with E-state index in [1.54, 1.807) is 0 Å². The summed E-state index contributed by atoms with van der Waals surface area (Å²) >= 11 is 0. The number of hydrogen-bond acceptors (Lipinski definition) is 4. The average molecular weight is 551 g/mol. The minimum atomic E-state index is -0.355. The summed E-state index contributed by atoms with van der Waals surface area (Å²) in [5.41, 5.74) is 3.71. The zero-order chi connectivity index (χ0) is 27.8. The fraction of sp³-hybridized carbons (Fsp3) is 0.622. The van der Waals surface area contributed by atoms with Gasteiger partial charge in [0, 0.05) is 48.0 Å². The minimum absolute atomic E-state index is 0.355. The van der Waals surface area contributed by atoms with E-state index in [-0.39, 0.29) is 5.79 Å². The van der Waals surface area contributed by atoms with Gasteiger partial charge in [0.15, 0.2) is 5.79 Å². The monoisotopic (exact) mass is 550 g/mol. The van der Waals surface area contributed by atoms with Crippen LogP contribution in [-0.4, -0.2) is 34.2 Å². The molecule has 0 radical (unpaired) electrons. The lowest BCUT2D eigenvalue weighted by Gasteiger charge is -2.73. The minimum Gasteiger partial charge on any atom is -0.496 e. The Morgan fingerprint density at radius 3 is 1.51 bits per heavy atom. The van der Waals surface area contributed by atoms with Gasteiger partial charge in [-0.25, -0.2) is 0 Å². The zero-order valence-electron chi connectivity index (χ0n) is 25.2. The van der Waals surface area contributed by atoms with Crippen LogP contribution in [0.4, 0.5) is 0 Å². The second-order valence-corrected chi connectivity index (χ2v) is 15.2. The summed E-state index contributed by atoms with van der Waals surface area (Å²) in [6.45, 7) is 5.45. The standard InChI is InChI=1S/C37H42O4/c1-35-25-16-26(30-24-12-11-23(29(25)30)37(24,40-5)41-6)36(35,2)32-22-15-21(31(32)35)27-28(22)34(39-4)20-14-18-10-8-7-9-17(18)13-19(20)33(27)38-3/h7-10,13-14,21-26,29-32H,11-12,15-16H2,1-6H3/t21-,22+,23-,24+,25+,26-,29-,30+,31-,32+,35+,36-. The van der Waals surface area contributed by atoms with Gasteiger partial charge in [0.1, 0.15) is 11.5 Å². The Labute approximate surface area is 243 Å². The number of rotatable bonds is 4. The number of hydrogen-bond donors (Lipinski definition) is 0. The van der Waals surface area contributed by atoms with Gasteiger partial charge in [0.2, 0.25) is 0 Å². The third-order valence-corrected chi connectivity index (χ3v) is 15.4. The van der Waals surface area contributed by atoms with Crippen LogP contribution in [0.5, 0.6) is 11.5 Å². The van der Waals surface area contributed by atoms with Gasteiger partial charge in [-0.15, -0.1) is 0 Å². The summed E-state index contributed by atoms with van der Waals surface area (Å²) in [5.74, 6) is 8.65. The second kappa shape index (κ2) is 7.25. The summed E-state index contributed by atoms with van der Waals surface area (Å²) in [6.07, 6.45) is 5.23. The zero-order valence-corrected chi connectivity index (χ0v) is 25.2. The predicted molar refractivity (Wildman–Crippen MR) is 159 cm³/mol. The van der Waals surface area contributed by atoms with E-state index in [9.17, 15) is 0 Å². The summed E-state index contributed by atoms with van der Waals surface area (Å²) in [4.78, 5) is 0. The first kappa shape index (κ1) is 24.2. The van der Waals surface area contributed by atoms with Crippen molar-refractivity contribution >= 4 is 21.5 Å². The van der Waals surface area contributed by atoms with Gasteiger partial charge in [-0.1, -0.05) is 38.1 Å². The molecule has 3 aromatic rings. The highest BCUT2D eigenvalue weighted by Gasteiger charge is 2.88. The molecule has 12 atom stereocenters. The molecule has 4 heteroatoms. The maximum absolute atomic E-state index is 6.39. The van der Waals surface area contributed by atoms with E-state index < -0.39 is 0 Å². The molecule has 0 heterocycles. The first-order chi connectivity index (χ1) is 19.9. The fourth-order valence-electron chi connectivity index (χ4n) is 14.6. The van der Waals surface area contributed by atoms with Gasteiger partial charge < -0.3 is 18.9 Å². The lowest BCUT2D eigenvalue weighted by Crippen LogP contribution is -2.69. The van der Waals surface area contributed by atoms with Crippen LogP contribution in [0.2, 0.25) is 0 Å². The summed E-state index contributed by atoms with van der Waals surface area (Å²) in [7, 11) is 7.60. The second-order valence-electron chi connectivity index (χ2n) is 15.2. The predicted octanol–water partition coefficient (Wildman–Crippen LogP) is 7.76. The van der Waals surface area contributed by atoms with Gasteiger partial charge in [0.25, 0.3) is 0 Å². The van der Waals surface area contributed by atoms with Crippen molar-refractivity contribution in [3.63, 3.8) is 0 Å². The van der Waals surface area contributed by atoms with Crippen molar-refractivity contribution in [2.24, 2.45) is 58.2 Å². The van der Waals surface area contributed by atoms with Crippen molar-refractivity contribution in [3.05, 3.63) is 47.5 Å². The molecule has 0 unspecified atom stereocenters. The van der Waals surface area contributed by atoms with Gasteiger partial charge >= 0.3 is 0 Å². The van der Waals surface area contributed by atoms with Gasteiger partial charge in [0.05, 0.1) is 14.2 Å². The Morgan fingerprint density at radius 1 is 0.634 bits per heavy atom. The molecule has 6 fully saturated rings. The van der Waals surface area contributed by atoms with E-state index in [0.717, 1.165) is 47.0 Å². The molecule has 6 saturated carbocycles. The molecule has 6 bridgehead atoms. The summed E-state index contributed by atoms with van der Waals surface area (Å²) in [5, 5.41) is 4.95. The van der Waals surface area contributed by atoms with Gasteiger partial charge in [-0.05, 0) is 107 Å². The molecule has 0 aromatic heterocycles. The van der Waals surface area contributed by atoms with Crippen molar-refractivity contribution in [2.75, 3.05) is 28.4 Å². The van der Waals surface area contributed by atoms with E-state index in [1.807, 2.05) is 28.4 Å². The van der Waals surface area contributed by atoms with Crippen LogP contribution in [0.25, 0.3) is 21.5 Å². The Balaban J connectivity index is 1.17. The molecule has 41 heavy (non-hydrogen) atoms.